The Kier molecular flexibility index (Phi) is 2.77. The van der Waals surface area contributed by atoms with E-state index < -0.39 is 0 Å². The number of amides is 1. The van der Waals surface area contributed by atoms with Gasteiger partial charge in [-0.05, 0) is 12.0 Å². The SMILES string of the molecule is CCC=C1NC(=O)C(c2ccccc2)=C1O. The van der Waals surface area contributed by atoms with Gasteiger partial charge in [0, 0.05) is 0 Å². The molecule has 1 amide bonds. The zero-order valence-corrected chi connectivity index (χ0v) is 9.03. The van der Waals surface area contributed by atoms with Gasteiger partial charge in [0.25, 0.3) is 5.91 Å². The van der Waals surface area contributed by atoms with Crippen molar-refractivity contribution in [1.82, 2.24) is 5.32 Å². The van der Waals surface area contributed by atoms with E-state index in [-0.39, 0.29) is 11.7 Å². The lowest BCUT2D eigenvalue weighted by atomic mass is 10.1. The molecule has 1 aliphatic heterocycles. The Hall–Kier alpha value is -2.03. The standard InChI is InChI=1S/C13H13NO2/c1-2-6-10-12(15)11(13(16)14-10)9-7-4-3-5-8-9/h3-8,15H,2H2,1H3,(H,14,16). The summed E-state index contributed by atoms with van der Waals surface area (Å²) in [6.07, 6.45) is 2.56. The molecule has 1 aliphatic rings. The first-order valence-corrected chi connectivity index (χ1v) is 5.24. The van der Waals surface area contributed by atoms with Crippen molar-refractivity contribution >= 4 is 11.5 Å². The van der Waals surface area contributed by atoms with Gasteiger partial charge in [0.1, 0.15) is 0 Å². The number of hydrogen-bond acceptors (Lipinski definition) is 2. The van der Waals surface area contributed by atoms with Gasteiger partial charge >= 0.3 is 0 Å². The number of allylic oxidation sites excluding steroid dienone is 1. The van der Waals surface area contributed by atoms with Gasteiger partial charge < -0.3 is 10.4 Å². The van der Waals surface area contributed by atoms with Crippen LogP contribution in [0.2, 0.25) is 0 Å². The van der Waals surface area contributed by atoms with Gasteiger partial charge in [0.15, 0.2) is 5.76 Å². The smallest absolute Gasteiger partial charge is 0.260 e. The van der Waals surface area contributed by atoms with E-state index >= 15 is 0 Å². The number of benzene rings is 1. The lowest BCUT2D eigenvalue weighted by Crippen LogP contribution is -2.15. The van der Waals surface area contributed by atoms with E-state index in [0.717, 1.165) is 12.0 Å². The fourth-order valence-electron chi connectivity index (χ4n) is 1.71. The Bertz CT molecular complexity index is 472. The molecule has 1 heterocycles. The van der Waals surface area contributed by atoms with E-state index in [1.807, 2.05) is 25.1 Å². The highest BCUT2D eigenvalue weighted by Crippen LogP contribution is 2.26. The molecule has 0 radical (unpaired) electrons. The summed E-state index contributed by atoms with van der Waals surface area (Å²) in [5.41, 5.74) is 1.59. The molecule has 0 spiro atoms. The Balaban J connectivity index is 2.48. The van der Waals surface area contributed by atoms with E-state index in [2.05, 4.69) is 5.32 Å². The van der Waals surface area contributed by atoms with E-state index in [1.54, 1.807) is 18.2 Å². The van der Waals surface area contributed by atoms with Crippen molar-refractivity contribution in [3.8, 4) is 0 Å². The lowest BCUT2D eigenvalue weighted by molar-refractivity contribution is -0.114. The van der Waals surface area contributed by atoms with Gasteiger partial charge in [-0.15, -0.1) is 0 Å². The van der Waals surface area contributed by atoms with Crippen LogP contribution in [0.15, 0.2) is 47.9 Å². The first kappa shape index (κ1) is 10.5. The maximum atomic E-state index is 11.7. The number of hydrogen-bond donors (Lipinski definition) is 2. The Morgan fingerprint density at radius 3 is 2.62 bits per heavy atom. The number of nitrogens with one attached hydrogen (secondary N) is 1. The van der Waals surface area contributed by atoms with Crippen molar-refractivity contribution < 1.29 is 9.90 Å². The second-order valence-electron chi connectivity index (χ2n) is 3.57. The summed E-state index contributed by atoms with van der Waals surface area (Å²) >= 11 is 0. The molecule has 16 heavy (non-hydrogen) atoms. The van der Waals surface area contributed by atoms with Crippen LogP contribution in [0.3, 0.4) is 0 Å². The normalized spacial score (nSPS) is 18.1. The van der Waals surface area contributed by atoms with E-state index in [9.17, 15) is 9.90 Å². The average Bonchev–Trinajstić information content (AvgIpc) is 2.56. The first-order valence-electron chi connectivity index (χ1n) is 5.24. The minimum Gasteiger partial charge on any atom is -0.505 e. The number of carbonyl (C=O) groups is 1. The maximum Gasteiger partial charge on any atom is 0.260 e. The van der Waals surface area contributed by atoms with Gasteiger partial charge in [-0.2, -0.15) is 0 Å². The second-order valence-corrected chi connectivity index (χ2v) is 3.57. The molecule has 3 heteroatoms. The van der Waals surface area contributed by atoms with E-state index in [4.69, 9.17) is 0 Å². The van der Waals surface area contributed by atoms with Crippen LogP contribution in [0.5, 0.6) is 0 Å². The summed E-state index contributed by atoms with van der Waals surface area (Å²) in [6.45, 7) is 1.95. The van der Waals surface area contributed by atoms with Gasteiger partial charge in [-0.3, -0.25) is 4.79 Å². The third kappa shape index (κ3) is 1.72. The first-order chi connectivity index (χ1) is 7.74. The van der Waals surface area contributed by atoms with Crippen molar-refractivity contribution in [1.29, 1.82) is 0 Å². The van der Waals surface area contributed by atoms with Gasteiger partial charge in [-0.1, -0.05) is 43.3 Å². The summed E-state index contributed by atoms with van der Waals surface area (Å²) in [6, 6.07) is 9.16. The van der Waals surface area contributed by atoms with E-state index in [0.29, 0.717) is 11.3 Å². The Labute approximate surface area is 94.1 Å². The predicted octanol–water partition coefficient (Wildman–Crippen LogP) is 2.38. The zero-order chi connectivity index (χ0) is 11.5. The molecular formula is C13H13NO2. The molecule has 1 aromatic carbocycles. The van der Waals surface area contributed by atoms with Crippen LogP contribution in [-0.4, -0.2) is 11.0 Å². The summed E-state index contributed by atoms with van der Waals surface area (Å²) in [5.74, 6) is -0.207. The monoisotopic (exact) mass is 215 g/mol. The van der Waals surface area contributed by atoms with Crippen molar-refractivity contribution in [3.63, 3.8) is 0 Å². The quantitative estimate of drug-likeness (QED) is 0.795. The zero-order valence-electron chi connectivity index (χ0n) is 9.03. The van der Waals surface area contributed by atoms with Crippen molar-refractivity contribution in [3.05, 3.63) is 53.4 Å². The predicted molar refractivity (Wildman–Crippen MR) is 62.5 cm³/mol. The van der Waals surface area contributed by atoms with Crippen LogP contribution < -0.4 is 5.32 Å². The van der Waals surface area contributed by atoms with Crippen LogP contribution in [0.1, 0.15) is 18.9 Å². The maximum absolute atomic E-state index is 11.7. The highest BCUT2D eigenvalue weighted by atomic mass is 16.3. The lowest BCUT2D eigenvalue weighted by Gasteiger charge is -1.98. The molecule has 2 N–H and O–H groups in total. The van der Waals surface area contributed by atoms with Gasteiger partial charge in [0.05, 0.1) is 11.3 Å². The Morgan fingerprint density at radius 2 is 2.00 bits per heavy atom. The highest BCUT2D eigenvalue weighted by molar-refractivity contribution is 6.24. The fourth-order valence-corrected chi connectivity index (χ4v) is 1.71. The van der Waals surface area contributed by atoms with Crippen molar-refractivity contribution in [2.75, 3.05) is 0 Å². The second kappa shape index (κ2) is 4.23. The highest BCUT2D eigenvalue weighted by Gasteiger charge is 2.27. The number of rotatable bonds is 2. The Morgan fingerprint density at radius 1 is 1.31 bits per heavy atom. The molecular weight excluding hydrogens is 202 g/mol. The van der Waals surface area contributed by atoms with Crippen molar-refractivity contribution in [2.24, 2.45) is 0 Å². The van der Waals surface area contributed by atoms with Gasteiger partial charge in [-0.25, -0.2) is 0 Å². The summed E-state index contributed by atoms with van der Waals surface area (Å²) < 4.78 is 0. The molecule has 2 rings (SSSR count). The van der Waals surface area contributed by atoms with Crippen LogP contribution in [0.4, 0.5) is 0 Å². The molecule has 0 bridgehead atoms. The topological polar surface area (TPSA) is 49.3 Å². The molecule has 0 aromatic heterocycles. The van der Waals surface area contributed by atoms with E-state index in [1.165, 1.54) is 0 Å². The number of carbonyl (C=O) groups excluding carboxylic acids is 1. The fraction of sp³-hybridized carbons (Fsp3) is 0.154. The van der Waals surface area contributed by atoms with Crippen LogP contribution in [-0.2, 0) is 4.79 Å². The molecule has 0 saturated carbocycles. The third-order valence-electron chi connectivity index (χ3n) is 2.44. The number of aliphatic hydroxyl groups is 1. The molecule has 82 valence electrons. The largest absolute Gasteiger partial charge is 0.505 e. The minimum atomic E-state index is -0.247. The molecule has 3 nitrogen and oxygen atoms in total. The molecule has 0 fully saturated rings. The third-order valence-corrected chi connectivity index (χ3v) is 2.44. The van der Waals surface area contributed by atoms with Crippen molar-refractivity contribution in [2.45, 2.75) is 13.3 Å². The van der Waals surface area contributed by atoms with Crippen LogP contribution in [0.25, 0.3) is 5.57 Å². The molecule has 0 aliphatic carbocycles. The summed E-state index contributed by atoms with van der Waals surface area (Å²) in [5, 5.41) is 12.6. The average molecular weight is 215 g/mol. The summed E-state index contributed by atoms with van der Waals surface area (Å²) in [7, 11) is 0. The molecule has 0 unspecified atom stereocenters. The van der Waals surface area contributed by atoms with Gasteiger partial charge in [0.2, 0.25) is 0 Å². The van der Waals surface area contributed by atoms with Crippen LogP contribution in [0, 0.1) is 0 Å². The molecule has 0 atom stereocenters. The molecule has 1 aromatic rings. The molecule has 0 saturated heterocycles. The minimum absolute atomic E-state index is 0.0399. The van der Waals surface area contributed by atoms with Crippen LogP contribution >= 0.6 is 0 Å². The number of aliphatic hydroxyl groups excluding tert-OH is 1. The summed E-state index contributed by atoms with van der Waals surface area (Å²) in [4.78, 5) is 11.7.